The molecule has 0 saturated carbocycles. The van der Waals surface area contributed by atoms with E-state index in [1.807, 2.05) is 19.1 Å². The lowest BCUT2D eigenvalue weighted by Crippen LogP contribution is -2.38. The van der Waals surface area contributed by atoms with E-state index in [9.17, 15) is 14.4 Å². The minimum atomic E-state index is -0.747. The number of aryl methyl sites for hydroxylation is 2. The van der Waals surface area contributed by atoms with E-state index in [-0.39, 0.29) is 36.9 Å². The third-order valence-electron chi connectivity index (χ3n) is 6.23. The standard InChI is InChI=1S/C30H30N4O5/c1-3-38-27(36)18-34(22-7-5-4-6-8-22)30(37)39-23-14-15-25-24(17-23)28(19(2)33-25)26(35)16-11-20-9-12-21(13-10-20)29(31)32/h4-10,12-15,17,33H,3,11,16,18H2,1-2H3,(H3,31,32). The first-order valence-corrected chi connectivity index (χ1v) is 12.6. The summed E-state index contributed by atoms with van der Waals surface area (Å²) < 4.78 is 10.7. The first-order valence-electron chi connectivity index (χ1n) is 12.6. The van der Waals surface area contributed by atoms with Gasteiger partial charge in [0.05, 0.1) is 6.61 Å². The zero-order valence-electron chi connectivity index (χ0n) is 21.8. The number of hydrogen-bond donors (Lipinski definition) is 3. The number of Topliss-reactive ketones (excluding diaryl/α,β-unsaturated/α-hetero) is 1. The molecule has 0 spiro atoms. The quantitative estimate of drug-likeness (QED) is 0.113. The number of fused-ring (bicyclic) bond motifs is 1. The van der Waals surface area contributed by atoms with Crippen molar-refractivity contribution in [3.63, 3.8) is 0 Å². The number of aromatic amines is 1. The number of nitrogens with two attached hydrogens (primary N) is 1. The minimum Gasteiger partial charge on any atom is -0.465 e. The van der Waals surface area contributed by atoms with E-state index in [0.29, 0.717) is 28.6 Å². The highest BCUT2D eigenvalue weighted by Crippen LogP contribution is 2.28. The van der Waals surface area contributed by atoms with E-state index in [0.717, 1.165) is 16.8 Å². The Bertz CT molecular complexity index is 1510. The number of amides is 1. The molecule has 4 rings (SSSR count). The smallest absolute Gasteiger partial charge is 0.420 e. The SMILES string of the molecule is CCOC(=O)CN(C(=O)Oc1ccc2[nH]c(C)c(C(=O)CCc3ccc(C(=N)N)cc3)c2c1)c1ccccc1. The average Bonchev–Trinajstić information content (AvgIpc) is 3.26. The van der Waals surface area contributed by atoms with E-state index < -0.39 is 12.1 Å². The van der Waals surface area contributed by atoms with Gasteiger partial charge in [0.25, 0.3) is 0 Å². The van der Waals surface area contributed by atoms with Crippen LogP contribution in [0.25, 0.3) is 10.9 Å². The topological polar surface area (TPSA) is 139 Å². The highest BCUT2D eigenvalue weighted by Gasteiger charge is 2.23. The molecule has 3 aromatic carbocycles. The van der Waals surface area contributed by atoms with E-state index in [2.05, 4.69) is 4.98 Å². The van der Waals surface area contributed by atoms with Crippen LogP contribution in [-0.4, -0.2) is 41.8 Å². The first-order chi connectivity index (χ1) is 18.8. The van der Waals surface area contributed by atoms with Crippen molar-refractivity contribution in [2.75, 3.05) is 18.1 Å². The fourth-order valence-electron chi connectivity index (χ4n) is 4.32. The molecule has 1 aromatic heterocycles. The Morgan fingerprint density at radius 1 is 1.00 bits per heavy atom. The molecule has 1 amide bonds. The van der Waals surface area contributed by atoms with Crippen LogP contribution in [0.4, 0.5) is 10.5 Å². The molecular weight excluding hydrogens is 496 g/mol. The van der Waals surface area contributed by atoms with Gasteiger partial charge in [-0.15, -0.1) is 0 Å². The maximum atomic E-state index is 13.3. The summed E-state index contributed by atoms with van der Waals surface area (Å²) in [6.07, 6.45) is 0.0544. The predicted octanol–water partition coefficient (Wildman–Crippen LogP) is 5.14. The lowest BCUT2D eigenvalue weighted by molar-refractivity contribution is -0.141. The number of carbonyl (C=O) groups is 3. The number of rotatable bonds is 10. The molecule has 0 atom stereocenters. The molecule has 0 bridgehead atoms. The van der Waals surface area contributed by atoms with Crippen molar-refractivity contribution in [3.05, 3.63) is 95.2 Å². The molecule has 0 fully saturated rings. The van der Waals surface area contributed by atoms with E-state index in [1.54, 1.807) is 67.6 Å². The summed E-state index contributed by atoms with van der Waals surface area (Å²) in [7, 11) is 0. The van der Waals surface area contributed by atoms with Gasteiger partial charge in [-0.25, -0.2) is 4.79 Å². The number of amidine groups is 1. The lowest BCUT2D eigenvalue weighted by Gasteiger charge is -2.21. The van der Waals surface area contributed by atoms with Gasteiger partial charge in [0.15, 0.2) is 5.78 Å². The van der Waals surface area contributed by atoms with Gasteiger partial charge in [-0.1, -0.05) is 42.5 Å². The zero-order chi connectivity index (χ0) is 27.9. The molecule has 0 saturated heterocycles. The van der Waals surface area contributed by atoms with Crippen LogP contribution in [0.1, 0.15) is 40.5 Å². The van der Waals surface area contributed by atoms with Crippen LogP contribution < -0.4 is 15.4 Å². The molecule has 200 valence electrons. The molecule has 39 heavy (non-hydrogen) atoms. The molecule has 0 aliphatic heterocycles. The van der Waals surface area contributed by atoms with Crippen LogP contribution in [0, 0.1) is 12.3 Å². The summed E-state index contributed by atoms with van der Waals surface area (Å²) in [5.41, 5.74) is 9.59. The first kappa shape index (κ1) is 27.1. The van der Waals surface area contributed by atoms with Gasteiger partial charge in [0, 0.05) is 39.8 Å². The van der Waals surface area contributed by atoms with Crippen LogP contribution in [-0.2, 0) is 16.0 Å². The predicted molar refractivity (Wildman–Crippen MR) is 150 cm³/mol. The molecule has 0 unspecified atom stereocenters. The number of H-pyrrole nitrogens is 1. The van der Waals surface area contributed by atoms with Crippen molar-refractivity contribution < 1.29 is 23.9 Å². The van der Waals surface area contributed by atoms with Gasteiger partial charge in [-0.3, -0.25) is 19.9 Å². The fourth-order valence-corrected chi connectivity index (χ4v) is 4.32. The Morgan fingerprint density at radius 3 is 2.38 bits per heavy atom. The number of benzene rings is 3. The van der Waals surface area contributed by atoms with E-state index in [4.69, 9.17) is 20.6 Å². The molecule has 0 radical (unpaired) electrons. The summed E-state index contributed by atoms with van der Waals surface area (Å²) in [5.74, 6) is -0.369. The molecule has 9 heteroatoms. The molecule has 1 heterocycles. The minimum absolute atomic E-state index is 0.00340. The summed E-state index contributed by atoms with van der Waals surface area (Å²) in [5, 5.41) is 8.15. The fraction of sp³-hybridized carbons (Fsp3) is 0.200. The van der Waals surface area contributed by atoms with Crippen molar-refractivity contribution in [2.45, 2.75) is 26.7 Å². The van der Waals surface area contributed by atoms with Gasteiger partial charge >= 0.3 is 12.1 Å². The third-order valence-corrected chi connectivity index (χ3v) is 6.23. The van der Waals surface area contributed by atoms with E-state index >= 15 is 0 Å². The maximum Gasteiger partial charge on any atom is 0.420 e. The van der Waals surface area contributed by atoms with Crippen molar-refractivity contribution in [3.8, 4) is 5.75 Å². The van der Waals surface area contributed by atoms with Gasteiger partial charge in [-0.2, -0.15) is 0 Å². The van der Waals surface area contributed by atoms with Gasteiger partial charge in [-0.05, 0) is 56.2 Å². The summed E-state index contributed by atoms with van der Waals surface area (Å²) >= 11 is 0. The number of nitrogen functional groups attached to an aromatic ring is 1. The Balaban J connectivity index is 1.53. The number of anilines is 1. The van der Waals surface area contributed by atoms with Gasteiger partial charge < -0.3 is 20.2 Å². The van der Waals surface area contributed by atoms with Crippen molar-refractivity contribution in [1.82, 2.24) is 4.98 Å². The number of hydrogen-bond acceptors (Lipinski definition) is 6. The number of esters is 1. The molecular formula is C30H30N4O5. The second-order valence-electron chi connectivity index (χ2n) is 8.96. The second kappa shape index (κ2) is 12.1. The van der Waals surface area contributed by atoms with Gasteiger partial charge in [0.1, 0.15) is 18.1 Å². The van der Waals surface area contributed by atoms with Crippen LogP contribution in [0.3, 0.4) is 0 Å². The average molecular weight is 527 g/mol. The van der Waals surface area contributed by atoms with Crippen LogP contribution >= 0.6 is 0 Å². The Morgan fingerprint density at radius 2 is 1.72 bits per heavy atom. The summed E-state index contributed by atoms with van der Waals surface area (Å²) in [6.45, 7) is 3.41. The number of carbonyl (C=O) groups excluding carboxylic acids is 3. The number of nitrogens with zero attached hydrogens (tertiary/aromatic N) is 1. The monoisotopic (exact) mass is 526 g/mol. The Kier molecular flexibility index (Phi) is 8.40. The normalized spacial score (nSPS) is 10.7. The molecule has 9 nitrogen and oxygen atoms in total. The highest BCUT2D eigenvalue weighted by molar-refractivity contribution is 6.09. The van der Waals surface area contributed by atoms with Crippen LogP contribution in [0.2, 0.25) is 0 Å². The summed E-state index contributed by atoms with van der Waals surface area (Å²) in [6, 6.07) is 21.0. The Hall–Kier alpha value is -4.92. The van der Waals surface area contributed by atoms with Crippen LogP contribution in [0.5, 0.6) is 5.75 Å². The maximum absolute atomic E-state index is 13.3. The number of aromatic nitrogens is 1. The Labute approximate surface area is 226 Å². The van der Waals surface area contributed by atoms with Crippen molar-refractivity contribution in [1.29, 1.82) is 5.41 Å². The molecule has 4 aromatic rings. The summed E-state index contributed by atoms with van der Waals surface area (Å²) in [4.78, 5) is 43.0. The number of ether oxygens (including phenoxy) is 2. The third kappa shape index (κ3) is 6.51. The molecule has 0 aliphatic rings. The number of para-hydroxylation sites is 1. The van der Waals surface area contributed by atoms with Gasteiger partial charge in [0.2, 0.25) is 0 Å². The highest BCUT2D eigenvalue weighted by atomic mass is 16.6. The zero-order valence-corrected chi connectivity index (χ0v) is 21.8. The second-order valence-corrected chi connectivity index (χ2v) is 8.96. The largest absolute Gasteiger partial charge is 0.465 e. The number of nitrogens with one attached hydrogen (secondary N) is 2. The van der Waals surface area contributed by atoms with Crippen LogP contribution in [0.15, 0.2) is 72.8 Å². The van der Waals surface area contributed by atoms with Crippen molar-refractivity contribution >= 4 is 40.3 Å². The molecule has 4 N–H and O–H groups in total. The number of ketones is 1. The van der Waals surface area contributed by atoms with E-state index in [1.165, 1.54) is 4.90 Å². The lowest BCUT2D eigenvalue weighted by atomic mass is 9.99. The van der Waals surface area contributed by atoms with Crippen molar-refractivity contribution in [2.24, 2.45) is 5.73 Å². The molecule has 0 aliphatic carbocycles.